The van der Waals surface area contributed by atoms with E-state index in [0.29, 0.717) is 5.89 Å². The van der Waals surface area contributed by atoms with E-state index in [1.807, 2.05) is 6.20 Å². The third-order valence-electron chi connectivity index (χ3n) is 5.74. The first-order chi connectivity index (χ1) is 13.7. The highest BCUT2D eigenvalue weighted by atomic mass is 16.5. The lowest BCUT2D eigenvalue weighted by Gasteiger charge is -2.42. The van der Waals surface area contributed by atoms with Gasteiger partial charge < -0.3 is 10.3 Å². The number of aromatic nitrogens is 6. The summed E-state index contributed by atoms with van der Waals surface area (Å²) >= 11 is 0. The molecular weight excluding hydrogens is 356 g/mol. The topological polar surface area (TPSA) is 132 Å². The largest absolute Gasteiger partial charge is 0.368 e. The van der Waals surface area contributed by atoms with E-state index < -0.39 is 0 Å². The fourth-order valence-electron chi connectivity index (χ4n) is 4.02. The van der Waals surface area contributed by atoms with Crippen LogP contribution in [0.4, 0.5) is 5.95 Å². The highest BCUT2D eigenvalue weighted by molar-refractivity contribution is 6.02. The van der Waals surface area contributed by atoms with Gasteiger partial charge in [-0.2, -0.15) is 10.1 Å². The van der Waals surface area contributed by atoms with Crippen molar-refractivity contribution in [1.82, 2.24) is 30.3 Å². The number of nitrogens with two attached hydrogens (primary N) is 1. The maximum absolute atomic E-state index is 5.59. The predicted octanol–water partition coefficient (Wildman–Crippen LogP) is 2.67. The van der Waals surface area contributed by atoms with Crippen LogP contribution in [0, 0.1) is 5.92 Å². The van der Waals surface area contributed by atoms with E-state index in [4.69, 9.17) is 15.2 Å². The lowest BCUT2D eigenvalue weighted by atomic mass is 9.61. The minimum absolute atomic E-state index is 0.188. The summed E-state index contributed by atoms with van der Waals surface area (Å²) in [6.07, 6.45) is 12.9. The zero-order chi connectivity index (χ0) is 19.1. The zero-order valence-electron chi connectivity index (χ0n) is 15.5. The molecule has 0 saturated heterocycles. The molecule has 1 aliphatic carbocycles. The average molecular weight is 376 g/mol. The van der Waals surface area contributed by atoms with Crippen molar-refractivity contribution >= 4 is 11.7 Å². The van der Waals surface area contributed by atoms with Crippen molar-refractivity contribution in [2.24, 2.45) is 10.9 Å². The van der Waals surface area contributed by atoms with Gasteiger partial charge in [0, 0.05) is 36.3 Å². The zero-order valence-corrected chi connectivity index (χ0v) is 15.5. The number of nitrogen functional groups attached to an aromatic ring is 1. The van der Waals surface area contributed by atoms with Crippen LogP contribution in [-0.2, 0) is 5.41 Å². The number of aromatic amines is 1. The van der Waals surface area contributed by atoms with Gasteiger partial charge in [0.2, 0.25) is 5.95 Å². The van der Waals surface area contributed by atoms with Crippen molar-refractivity contribution in [3.05, 3.63) is 47.9 Å². The first kappa shape index (κ1) is 16.8. The van der Waals surface area contributed by atoms with Crippen molar-refractivity contribution < 1.29 is 4.52 Å². The van der Waals surface area contributed by atoms with Crippen molar-refractivity contribution in [1.29, 1.82) is 0 Å². The molecule has 28 heavy (non-hydrogen) atoms. The van der Waals surface area contributed by atoms with Gasteiger partial charge in [0.25, 0.3) is 5.89 Å². The summed E-state index contributed by atoms with van der Waals surface area (Å²) in [7, 11) is 0. The van der Waals surface area contributed by atoms with Crippen molar-refractivity contribution in [3.8, 4) is 11.5 Å². The Kier molecular flexibility index (Phi) is 3.81. The second kappa shape index (κ2) is 6.36. The Morgan fingerprint density at radius 2 is 2.00 bits per heavy atom. The molecule has 3 aromatic heterocycles. The highest BCUT2D eigenvalue weighted by Crippen LogP contribution is 2.51. The molecular formula is C19H20N8O. The number of rotatable bonds is 4. The van der Waals surface area contributed by atoms with Crippen LogP contribution in [0.1, 0.15) is 44.0 Å². The van der Waals surface area contributed by atoms with Gasteiger partial charge >= 0.3 is 0 Å². The van der Waals surface area contributed by atoms with Crippen molar-refractivity contribution in [3.63, 3.8) is 0 Å². The van der Waals surface area contributed by atoms with Crippen molar-refractivity contribution in [2.45, 2.75) is 38.0 Å². The molecule has 2 aliphatic rings. The fraction of sp³-hybridized carbons (Fsp3) is 0.368. The van der Waals surface area contributed by atoms with E-state index in [1.54, 1.807) is 24.8 Å². The molecule has 0 spiro atoms. The van der Waals surface area contributed by atoms with Gasteiger partial charge in [0.15, 0.2) is 5.82 Å². The van der Waals surface area contributed by atoms with Crippen LogP contribution in [0.3, 0.4) is 0 Å². The van der Waals surface area contributed by atoms with Crippen LogP contribution in [-0.4, -0.2) is 36.0 Å². The number of hydrogen-bond acceptors (Lipinski definition) is 8. The first-order valence-corrected chi connectivity index (χ1v) is 9.34. The smallest absolute Gasteiger partial charge is 0.261 e. The van der Waals surface area contributed by atoms with E-state index in [2.05, 4.69) is 37.2 Å². The van der Waals surface area contributed by atoms with Gasteiger partial charge in [-0.15, -0.1) is 0 Å². The Morgan fingerprint density at radius 3 is 2.64 bits per heavy atom. The molecule has 9 nitrogen and oxygen atoms in total. The standard InChI is InChI=1S/C19H20N8O/c1-11-5-14(10-21-15(11)12-6-22-18(20)23-7-12)19(3-2-4-19)17-26-16(28-27-17)13-8-24-25-9-13/h6-11H,2-5H2,1H3,(H,24,25)(H2,20,22,23). The molecule has 0 aromatic carbocycles. The third-order valence-corrected chi connectivity index (χ3v) is 5.74. The molecule has 3 aromatic rings. The fourth-order valence-corrected chi connectivity index (χ4v) is 4.02. The molecule has 1 atom stereocenters. The van der Waals surface area contributed by atoms with Crippen LogP contribution in [0.5, 0.6) is 0 Å². The van der Waals surface area contributed by atoms with Gasteiger partial charge in [-0.1, -0.05) is 18.5 Å². The Hall–Kier alpha value is -3.36. The summed E-state index contributed by atoms with van der Waals surface area (Å²) in [5, 5.41) is 11.0. The second-order valence-electron chi connectivity index (χ2n) is 7.45. The van der Waals surface area contributed by atoms with E-state index >= 15 is 0 Å². The van der Waals surface area contributed by atoms with Crippen molar-refractivity contribution in [2.75, 3.05) is 5.73 Å². The number of allylic oxidation sites excluding steroid dienone is 1. The third kappa shape index (κ3) is 2.62. The molecule has 3 N–H and O–H groups in total. The maximum atomic E-state index is 5.59. The summed E-state index contributed by atoms with van der Waals surface area (Å²) < 4.78 is 5.50. The van der Waals surface area contributed by atoms with Gasteiger partial charge in [0.05, 0.1) is 22.9 Å². The molecule has 4 heterocycles. The molecule has 1 fully saturated rings. The van der Waals surface area contributed by atoms with Crippen LogP contribution < -0.4 is 5.73 Å². The van der Waals surface area contributed by atoms with Crippen LogP contribution in [0.25, 0.3) is 11.5 Å². The summed E-state index contributed by atoms with van der Waals surface area (Å²) in [6, 6.07) is 0. The summed E-state index contributed by atoms with van der Waals surface area (Å²) in [5.74, 6) is 1.73. The van der Waals surface area contributed by atoms with Crippen LogP contribution in [0.2, 0.25) is 0 Å². The Labute approximate surface area is 161 Å². The molecule has 1 aliphatic heterocycles. The summed E-state index contributed by atoms with van der Waals surface area (Å²) in [4.78, 5) is 17.6. The van der Waals surface area contributed by atoms with E-state index in [1.165, 1.54) is 5.57 Å². The molecule has 1 unspecified atom stereocenters. The maximum Gasteiger partial charge on any atom is 0.261 e. The lowest BCUT2D eigenvalue weighted by molar-refractivity contribution is 0.256. The Balaban J connectivity index is 1.48. The number of H-pyrrole nitrogens is 1. The average Bonchev–Trinajstić information content (AvgIpc) is 3.34. The number of aliphatic imine (C=N–C) groups is 1. The second-order valence-corrected chi connectivity index (χ2v) is 7.45. The molecule has 1 saturated carbocycles. The first-order valence-electron chi connectivity index (χ1n) is 9.34. The van der Waals surface area contributed by atoms with Gasteiger partial charge in [-0.3, -0.25) is 10.1 Å². The number of anilines is 1. The van der Waals surface area contributed by atoms with Gasteiger partial charge in [0.1, 0.15) is 0 Å². The molecule has 0 amide bonds. The van der Waals surface area contributed by atoms with Crippen LogP contribution in [0.15, 0.2) is 46.1 Å². The minimum Gasteiger partial charge on any atom is -0.368 e. The Morgan fingerprint density at radius 1 is 1.18 bits per heavy atom. The lowest BCUT2D eigenvalue weighted by Crippen LogP contribution is -2.39. The van der Waals surface area contributed by atoms with E-state index in [-0.39, 0.29) is 17.3 Å². The highest BCUT2D eigenvalue weighted by Gasteiger charge is 2.47. The number of hydrogen-bond donors (Lipinski definition) is 2. The molecule has 0 radical (unpaired) electrons. The number of nitrogens with zero attached hydrogens (tertiary/aromatic N) is 6. The van der Waals surface area contributed by atoms with Crippen LogP contribution >= 0.6 is 0 Å². The predicted molar refractivity (Wildman–Crippen MR) is 102 cm³/mol. The van der Waals surface area contributed by atoms with E-state index in [9.17, 15) is 0 Å². The monoisotopic (exact) mass is 376 g/mol. The molecule has 9 heteroatoms. The number of nitrogens with one attached hydrogen (secondary N) is 1. The van der Waals surface area contributed by atoms with Gasteiger partial charge in [-0.05, 0) is 24.8 Å². The Bertz CT molecular complexity index is 1040. The summed E-state index contributed by atoms with van der Waals surface area (Å²) in [5.41, 5.74) is 9.34. The normalized spacial score (nSPS) is 21.0. The minimum atomic E-state index is -0.188. The van der Waals surface area contributed by atoms with E-state index in [0.717, 1.165) is 48.3 Å². The SMILES string of the molecule is CC1CC(C2(c3noc(-c4cn[nH]c4)n3)CCC2)=CN=C1c1cnc(N)nc1. The molecule has 5 rings (SSSR count). The molecule has 0 bridgehead atoms. The summed E-state index contributed by atoms with van der Waals surface area (Å²) in [6.45, 7) is 2.17. The molecule has 142 valence electrons. The quantitative estimate of drug-likeness (QED) is 0.715. The van der Waals surface area contributed by atoms with Gasteiger partial charge in [-0.25, -0.2) is 9.97 Å².